The lowest BCUT2D eigenvalue weighted by molar-refractivity contribution is 0.122. The average molecular weight is 463 g/mol. The van der Waals surface area contributed by atoms with Gasteiger partial charge in [0.15, 0.2) is 5.82 Å². The van der Waals surface area contributed by atoms with Crippen molar-refractivity contribution in [1.82, 2.24) is 19.6 Å². The number of carbonyl (C=O) groups excluding carboxylic acids is 1. The highest BCUT2D eigenvalue weighted by Crippen LogP contribution is 2.25. The monoisotopic (exact) mass is 462 g/mol. The Balaban J connectivity index is 1.36. The average Bonchev–Trinajstić information content (AvgIpc) is 3.22. The summed E-state index contributed by atoms with van der Waals surface area (Å²) in [7, 11) is -3.43. The molecule has 2 fully saturated rings. The van der Waals surface area contributed by atoms with Gasteiger partial charge >= 0.3 is 6.03 Å². The number of aryl methyl sites for hydroxylation is 1. The van der Waals surface area contributed by atoms with Crippen molar-refractivity contribution in [3.63, 3.8) is 0 Å². The molecular weight excluding hydrogens is 432 g/mol. The summed E-state index contributed by atoms with van der Waals surface area (Å²) in [6.45, 7) is 8.96. The van der Waals surface area contributed by atoms with Crippen LogP contribution >= 0.6 is 0 Å². The number of nitrogens with one attached hydrogen (secondary N) is 1. The normalized spacial score (nSPS) is 18.1. The zero-order valence-corrected chi connectivity index (χ0v) is 19.3. The molecule has 32 heavy (non-hydrogen) atoms. The van der Waals surface area contributed by atoms with Crippen molar-refractivity contribution >= 4 is 27.6 Å². The molecule has 0 radical (unpaired) electrons. The molecule has 0 aliphatic carbocycles. The van der Waals surface area contributed by atoms with Crippen LogP contribution in [-0.2, 0) is 21.3 Å². The first-order valence-electron chi connectivity index (χ1n) is 10.8. The van der Waals surface area contributed by atoms with Crippen molar-refractivity contribution in [2.75, 3.05) is 68.4 Å². The van der Waals surface area contributed by atoms with Crippen LogP contribution in [0.15, 0.2) is 30.5 Å². The van der Waals surface area contributed by atoms with Gasteiger partial charge in [-0.3, -0.25) is 9.62 Å². The smallest absolute Gasteiger partial charge is 0.344 e. The van der Waals surface area contributed by atoms with E-state index in [1.807, 2.05) is 0 Å². The van der Waals surface area contributed by atoms with Gasteiger partial charge in [-0.05, 0) is 24.1 Å². The Morgan fingerprint density at radius 3 is 2.50 bits per heavy atom. The summed E-state index contributed by atoms with van der Waals surface area (Å²) < 4.78 is 31.6. The summed E-state index contributed by atoms with van der Waals surface area (Å²) in [5.74, 6) is 0.134. The van der Waals surface area contributed by atoms with Crippen LogP contribution in [-0.4, -0.2) is 92.8 Å². The molecule has 0 spiro atoms. The maximum Gasteiger partial charge on any atom is 0.344 e. The van der Waals surface area contributed by atoms with Crippen molar-refractivity contribution in [2.45, 2.75) is 13.5 Å². The van der Waals surface area contributed by atoms with E-state index in [0.717, 1.165) is 52.2 Å². The predicted octanol–water partition coefficient (Wildman–Crippen LogP) is 1.19. The number of amides is 1. The van der Waals surface area contributed by atoms with E-state index in [9.17, 15) is 13.2 Å². The fourth-order valence-corrected chi connectivity index (χ4v) is 4.55. The van der Waals surface area contributed by atoms with E-state index in [1.54, 1.807) is 4.90 Å². The van der Waals surface area contributed by atoms with Crippen LogP contribution in [0.4, 0.5) is 16.3 Å². The molecule has 0 saturated carbocycles. The molecule has 1 amide bonds. The highest BCUT2D eigenvalue weighted by molar-refractivity contribution is 7.92. The largest absolute Gasteiger partial charge is 0.378 e. The molecule has 10 nitrogen and oxygen atoms in total. The zero-order valence-electron chi connectivity index (χ0n) is 18.5. The van der Waals surface area contributed by atoms with Gasteiger partial charge in [0.2, 0.25) is 10.0 Å². The third-order valence-electron chi connectivity index (χ3n) is 5.70. The number of ether oxygens (including phenoxy) is 1. The van der Waals surface area contributed by atoms with E-state index in [2.05, 4.69) is 44.7 Å². The fraction of sp³-hybridized carbons (Fsp3) is 0.524. The van der Waals surface area contributed by atoms with Crippen molar-refractivity contribution in [3.05, 3.63) is 41.6 Å². The van der Waals surface area contributed by atoms with Gasteiger partial charge in [-0.2, -0.15) is 4.68 Å². The van der Waals surface area contributed by atoms with Gasteiger partial charge in [0.05, 0.1) is 19.5 Å². The summed E-state index contributed by atoms with van der Waals surface area (Å²) in [6, 6.07) is 7.83. The van der Waals surface area contributed by atoms with E-state index in [0.29, 0.717) is 13.1 Å². The molecule has 3 heterocycles. The van der Waals surface area contributed by atoms with Crippen LogP contribution < -0.4 is 9.62 Å². The number of aromatic nitrogens is 2. The number of anilines is 2. The van der Waals surface area contributed by atoms with Crippen LogP contribution in [0.5, 0.6) is 0 Å². The SMILES string of the molecule is Cc1ccc(CN2CCN(C(=O)n3ccc(NS(C)(=O)=O)n3)CC2)c(N2CCOCC2)c1. The Labute approximate surface area is 188 Å². The quantitative estimate of drug-likeness (QED) is 0.712. The molecule has 2 aliphatic heterocycles. The molecule has 2 aromatic rings. The fourth-order valence-electron chi connectivity index (χ4n) is 4.06. The highest BCUT2D eigenvalue weighted by atomic mass is 32.2. The standard InChI is InChI=1S/C21H30N6O4S/c1-17-3-4-18(19(15-17)25-11-13-31-14-12-25)16-24-7-9-26(10-8-24)21(28)27-6-5-20(22-27)23-32(2,29)30/h3-6,15H,7-14,16H2,1-2H3,(H,22,23). The van der Waals surface area contributed by atoms with Gasteiger partial charge < -0.3 is 14.5 Å². The van der Waals surface area contributed by atoms with Crippen LogP contribution in [0.2, 0.25) is 0 Å². The number of hydrogen-bond acceptors (Lipinski definition) is 7. The maximum atomic E-state index is 12.8. The van der Waals surface area contributed by atoms with Gasteiger partial charge in [0, 0.05) is 63.8 Å². The summed E-state index contributed by atoms with van der Waals surface area (Å²) in [5, 5.41) is 4.03. The summed E-state index contributed by atoms with van der Waals surface area (Å²) in [4.78, 5) is 19.2. The minimum atomic E-state index is -3.43. The number of hydrogen-bond donors (Lipinski definition) is 1. The van der Waals surface area contributed by atoms with Crippen LogP contribution in [0, 0.1) is 6.92 Å². The Hall–Kier alpha value is -2.63. The summed E-state index contributed by atoms with van der Waals surface area (Å²) >= 11 is 0. The van der Waals surface area contributed by atoms with E-state index < -0.39 is 10.0 Å². The number of rotatable bonds is 5. The Bertz CT molecular complexity index is 1060. The molecule has 2 aliphatic rings. The number of piperazine rings is 1. The van der Waals surface area contributed by atoms with E-state index in [1.165, 1.54) is 33.8 Å². The van der Waals surface area contributed by atoms with Gasteiger partial charge in [-0.25, -0.2) is 13.2 Å². The first kappa shape index (κ1) is 22.6. The molecule has 2 saturated heterocycles. The topological polar surface area (TPSA) is 100 Å². The zero-order chi connectivity index (χ0) is 22.7. The first-order valence-corrected chi connectivity index (χ1v) is 12.6. The lowest BCUT2D eigenvalue weighted by Gasteiger charge is -2.36. The van der Waals surface area contributed by atoms with E-state index >= 15 is 0 Å². The lowest BCUT2D eigenvalue weighted by Crippen LogP contribution is -2.49. The second kappa shape index (κ2) is 9.47. The van der Waals surface area contributed by atoms with Crippen LogP contribution in [0.1, 0.15) is 11.1 Å². The molecular formula is C21H30N6O4S. The van der Waals surface area contributed by atoms with Crippen LogP contribution in [0.25, 0.3) is 0 Å². The molecule has 1 aromatic carbocycles. The third-order valence-corrected chi connectivity index (χ3v) is 6.28. The third kappa shape index (κ3) is 5.59. The van der Waals surface area contributed by atoms with Crippen molar-refractivity contribution in [1.29, 1.82) is 0 Å². The maximum absolute atomic E-state index is 12.8. The molecule has 0 atom stereocenters. The minimum Gasteiger partial charge on any atom is -0.378 e. The minimum absolute atomic E-state index is 0.134. The number of morpholine rings is 1. The Morgan fingerprint density at radius 2 is 1.81 bits per heavy atom. The lowest BCUT2D eigenvalue weighted by atomic mass is 10.1. The molecule has 1 aromatic heterocycles. The van der Waals surface area contributed by atoms with Gasteiger partial charge in [0.1, 0.15) is 0 Å². The second-order valence-electron chi connectivity index (χ2n) is 8.30. The van der Waals surface area contributed by atoms with Crippen molar-refractivity contribution in [3.8, 4) is 0 Å². The number of sulfonamides is 1. The van der Waals surface area contributed by atoms with Crippen molar-refractivity contribution in [2.24, 2.45) is 0 Å². The van der Waals surface area contributed by atoms with Crippen LogP contribution in [0.3, 0.4) is 0 Å². The predicted molar refractivity (Wildman–Crippen MR) is 123 cm³/mol. The number of benzene rings is 1. The highest BCUT2D eigenvalue weighted by Gasteiger charge is 2.24. The van der Waals surface area contributed by atoms with E-state index in [-0.39, 0.29) is 11.8 Å². The van der Waals surface area contributed by atoms with Gasteiger partial charge in [0.25, 0.3) is 0 Å². The second-order valence-corrected chi connectivity index (χ2v) is 10.0. The number of nitrogens with zero attached hydrogens (tertiary/aromatic N) is 5. The van der Waals surface area contributed by atoms with Crippen molar-refractivity contribution < 1.29 is 17.9 Å². The molecule has 4 rings (SSSR count). The van der Waals surface area contributed by atoms with Gasteiger partial charge in [-0.1, -0.05) is 12.1 Å². The molecule has 0 bridgehead atoms. The molecule has 11 heteroatoms. The van der Waals surface area contributed by atoms with Gasteiger partial charge in [-0.15, -0.1) is 5.10 Å². The summed E-state index contributed by atoms with van der Waals surface area (Å²) in [6.07, 6.45) is 2.52. The first-order chi connectivity index (χ1) is 15.3. The van der Waals surface area contributed by atoms with E-state index in [4.69, 9.17) is 4.74 Å². The molecule has 174 valence electrons. The molecule has 0 unspecified atom stereocenters. The molecule has 1 N–H and O–H groups in total. The summed E-state index contributed by atoms with van der Waals surface area (Å²) in [5.41, 5.74) is 3.81. The number of carbonyl (C=O) groups is 1. The Morgan fingerprint density at radius 1 is 1.09 bits per heavy atom. The Kier molecular flexibility index (Phi) is 6.68.